The van der Waals surface area contributed by atoms with Gasteiger partial charge in [-0.3, -0.25) is 4.79 Å². The molecule has 0 unspecified atom stereocenters. The Labute approximate surface area is 128 Å². The van der Waals surface area contributed by atoms with Crippen LogP contribution in [0.15, 0.2) is 24.3 Å². The molecule has 1 rings (SSSR count). The van der Waals surface area contributed by atoms with Gasteiger partial charge in [0.25, 0.3) is 6.47 Å². The van der Waals surface area contributed by atoms with Crippen molar-refractivity contribution in [1.82, 2.24) is 0 Å². The first-order valence-corrected chi connectivity index (χ1v) is 8.14. The van der Waals surface area contributed by atoms with Gasteiger partial charge < -0.3 is 9.47 Å². The highest BCUT2D eigenvalue weighted by molar-refractivity contribution is 5.39. The molecule has 21 heavy (non-hydrogen) atoms. The molecule has 0 atom stereocenters. The van der Waals surface area contributed by atoms with Crippen LogP contribution in [0.2, 0.25) is 0 Å². The molecule has 3 heteroatoms. The summed E-state index contributed by atoms with van der Waals surface area (Å²) in [5.41, 5.74) is 0.921. The molecule has 0 aliphatic rings. The van der Waals surface area contributed by atoms with Gasteiger partial charge in [-0.05, 0) is 12.5 Å². The number of rotatable bonds is 13. The zero-order valence-corrected chi connectivity index (χ0v) is 13.2. The number of para-hydroxylation sites is 1. The molecule has 0 radical (unpaired) electrons. The van der Waals surface area contributed by atoms with Crippen molar-refractivity contribution in [2.75, 3.05) is 6.61 Å². The molecule has 0 aliphatic carbocycles. The lowest BCUT2D eigenvalue weighted by atomic mass is 10.1. The zero-order chi connectivity index (χ0) is 15.2. The smallest absolute Gasteiger partial charge is 0.293 e. The molecule has 0 heterocycles. The lowest BCUT2D eigenvalue weighted by Gasteiger charge is -2.10. The number of hydrogen-bond acceptors (Lipinski definition) is 3. The quantitative estimate of drug-likeness (QED) is 0.384. The summed E-state index contributed by atoms with van der Waals surface area (Å²) in [7, 11) is 0. The summed E-state index contributed by atoms with van der Waals surface area (Å²) in [5.74, 6) is 0.822. The highest BCUT2D eigenvalue weighted by Crippen LogP contribution is 2.19. The van der Waals surface area contributed by atoms with Gasteiger partial charge in [0.2, 0.25) is 0 Å². The molecule has 0 N–H and O–H groups in total. The van der Waals surface area contributed by atoms with Crippen molar-refractivity contribution in [3.63, 3.8) is 0 Å². The van der Waals surface area contributed by atoms with Crippen LogP contribution in [0.4, 0.5) is 0 Å². The summed E-state index contributed by atoms with van der Waals surface area (Å²) in [5, 5.41) is 0. The van der Waals surface area contributed by atoms with Crippen LogP contribution in [0, 0.1) is 0 Å². The first-order valence-electron chi connectivity index (χ1n) is 8.14. The van der Waals surface area contributed by atoms with E-state index >= 15 is 0 Å². The van der Waals surface area contributed by atoms with Gasteiger partial charge in [-0.25, -0.2) is 0 Å². The third-order valence-corrected chi connectivity index (χ3v) is 3.53. The van der Waals surface area contributed by atoms with Crippen molar-refractivity contribution >= 4 is 6.47 Å². The predicted molar refractivity (Wildman–Crippen MR) is 85.4 cm³/mol. The Kier molecular flexibility index (Phi) is 10.2. The van der Waals surface area contributed by atoms with Crippen molar-refractivity contribution in [3.8, 4) is 5.75 Å². The van der Waals surface area contributed by atoms with E-state index in [1.165, 1.54) is 44.9 Å². The van der Waals surface area contributed by atoms with Crippen LogP contribution in [-0.4, -0.2) is 13.1 Å². The molecular formula is C18H28O3. The lowest BCUT2D eigenvalue weighted by Crippen LogP contribution is -2.01. The van der Waals surface area contributed by atoms with Crippen LogP contribution in [-0.2, 0) is 16.1 Å². The average molecular weight is 292 g/mol. The van der Waals surface area contributed by atoms with Gasteiger partial charge in [-0.2, -0.15) is 0 Å². The molecule has 0 saturated heterocycles. The van der Waals surface area contributed by atoms with E-state index in [0.717, 1.165) is 24.3 Å². The summed E-state index contributed by atoms with van der Waals surface area (Å²) in [4.78, 5) is 10.3. The number of unbranched alkanes of at least 4 members (excludes halogenated alkanes) is 7. The van der Waals surface area contributed by atoms with E-state index in [0.29, 0.717) is 6.47 Å². The Morgan fingerprint density at radius 3 is 2.33 bits per heavy atom. The fourth-order valence-corrected chi connectivity index (χ4v) is 2.31. The molecule has 0 saturated carbocycles. The van der Waals surface area contributed by atoms with Crippen LogP contribution in [0.25, 0.3) is 0 Å². The number of carbonyl (C=O) groups is 1. The van der Waals surface area contributed by atoms with E-state index in [1.54, 1.807) is 0 Å². The maximum atomic E-state index is 10.3. The fourth-order valence-electron chi connectivity index (χ4n) is 2.31. The summed E-state index contributed by atoms with van der Waals surface area (Å²) in [6.07, 6.45) is 10.3. The second-order valence-corrected chi connectivity index (χ2v) is 5.34. The minimum atomic E-state index is 0.275. The van der Waals surface area contributed by atoms with E-state index < -0.39 is 0 Å². The van der Waals surface area contributed by atoms with Gasteiger partial charge in [-0.1, -0.05) is 70.1 Å². The Hall–Kier alpha value is -1.51. The highest BCUT2D eigenvalue weighted by atomic mass is 16.5. The molecule has 0 bridgehead atoms. The standard InChI is InChI=1S/C18H28O3/c1-2-3-4-5-6-7-8-11-14-21-18-13-10-9-12-17(18)15-20-16-19/h9-10,12-13,16H,2-8,11,14-15H2,1H3. The monoisotopic (exact) mass is 292 g/mol. The van der Waals surface area contributed by atoms with Gasteiger partial charge in [0, 0.05) is 5.56 Å². The molecule has 1 aromatic rings. The van der Waals surface area contributed by atoms with Gasteiger partial charge in [0.1, 0.15) is 12.4 Å². The normalized spacial score (nSPS) is 10.3. The Morgan fingerprint density at radius 1 is 0.952 bits per heavy atom. The van der Waals surface area contributed by atoms with Gasteiger partial charge in [0.15, 0.2) is 0 Å². The molecular weight excluding hydrogens is 264 g/mol. The van der Waals surface area contributed by atoms with E-state index in [9.17, 15) is 4.79 Å². The average Bonchev–Trinajstić information content (AvgIpc) is 2.52. The number of hydrogen-bond donors (Lipinski definition) is 0. The van der Waals surface area contributed by atoms with Gasteiger partial charge in [0.05, 0.1) is 6.61 Å². The second-order valence-electron chi connectivity index (χ2n) is 5.34. The van der Waals surface area contributed by atoms with E-state index in [-0.39, 0.29) is 6.61 Å². The second kappa shape index (κ2) is 12.2. The van der Waals surface area contributed by atoms with Crippen LogP contribution < -0.4 is 4.74 Å². The summed E-state index contributed by atoms with van der Waals surface area (Å²) in [6, 6.07) is 7.71. The van der Waals surface area contributed by atoms with Crippen LogP contribution in [0.5, 0.6) is 5.75 Å². The zero-order valence-electron chi connectivity index (χ0n) is 13.2. The summed E-state index contributed by atoms with van der Waals surface area (Å²) < 4.78 is 10.6. The minimum Gasteiger partial charge on any atom is -0.493 e. The molecule has 0 amide bonds. The van der Waals surface area contributed by atoms with Crippen molar-refractivity contribution in [1.29, 1.82) is 0 Å². The topological polar surface area (TPSA) is 35.5 Å². The lowest BCUT2D eigenvalue weighted by molar-refractivity contribution is -0.129. The van der Waals surface area contributed by atoms with Crippen molar-refractivity contribution in [2.24, 2.45) is 0 Å². The molecule has 0 fully saturated rings. The summed E-state index contributed by atoms with van der Waals surface area (Å²) >= 11 is 0. The largest absolute Gasteiger partial charge is 0.493 e. The van der Waals surface area contributed by atoms with E-state index in [2.05, 4.69) is 6.92 Å². The van der Waals surface area contributed by atoms with E-state index in [1.807, 2.05) is 24.3 Å². The predicted octanol–water partition coefficient (Wildman–Crippen LogP) is 4.88. The number of carbonyl (C=O) groups excluding carboxylic acids is 1. The minimum absolute atomic E-state index is 0.275. The first-order chi connectivity index (χ1) is 10.4. The third kappa shape index (κ3) is 8.38. The maximum absolute atomic E-state index is 10.3. The van der Waals surface area contributed by atoms with Crippen molar-refractivity contribution < 1.29 is 14.3 Å². The van der Waals surface area contributed by atoms with Crippen molar-refractivity contribution in [2.45, 2.75) is 64.9 Å². The molecule has 3 nitrogen and oxygen atoms in total. The van der Waals surface area contributed by atoms with Crippen LogP contribution in [0.1, 0.15) is 63.9 Å². The molecule has 118 valence electrons. The Balaban J connectivity index is 2.11. The highest BCUT2D eigenvalue weighted by Gasteiger charge is 2.02. The van der Waals surface area contributed by atoms with E-state index in [4.69, 9.17) is 9.47 Å². The molecule has 0 spiro atoms. The Bertz CT molecular complexity index is 376. The molecule has 1 aromatic carbocycles. The fraction of sp³-hybridized carbons (Fsp3) is 0.611. The maximum Gasteiger partial charge on any atom is 0.293 e. The summed E-state index contributed by atoms with van der Waals surface area (Å²) in [6.45, 7) is 3.72. The number of benzene rings is 1. The van der Waals surface area contributed by atoms with Crippen molar-refractivity contribution in [3.05, 3.63) is 29.8 Å². The van der Waals surface area contributed by atoms with Crippen LogP contribution in [0.3, 0.4) is 0 Å². The van der Waals surface area contributed by atoms with Crippen LogP contribution >= 0.6 is 0 Å². The third-order valence-electron chi connectivity index (χ3n) is 3.53. The van der Waals surface area contributed by atoms with Gasteiger partial charge >= 0.3 is 0 Å². The SMILES string of the molecule is CCCCCCCCCCOc1ccccc1COC=O. The first kappa shape index (κ1) is 17.5. The molecule has 0 aliphatic heterocycles. The molecule has 0 aromatic heterocycles. The Morgan fingerprint density at radius 2 is 1.62 bits per heavy atom. The number of ether oxygens (including phenoxy) is 2. The van der Waals surface area contributed by atoms with Gasteiger partial charge in [-0.15, -0.1) is 0 Å².